The second-order valence-corrected chi connectivity index (χ2v) is 8.57. The normalized spacial score (nSPS) is 25.3. The molecule has 1 heterocycles. The Hall–Kier alpha value is -3.08. The molecule has 0 saturated heterocycles. The number of methoxy groups -OCH3 is 1. The maximum absolute atomic E-state index is 12.6. The van der Waals surface area contributed by atoms with Gasteiger partial charge in [0.05, 0.1) is 7.11 Å². The van der Waals surface area contributed by atoms with Crippen LogP contribution in [-0.4, -0.2) is 24.9 Å². The van der Waals surface area contributed by atoms with Gasteiger partial charge >= 0.3 is 0 Å². The first-order chi connectivity index (χ1) is 14.5. The molecule has 154 valence electrons. The van der Waals surface area contributed by atoms with Crippen LogP contribution in [0.2, 0.25) is 0 Å². The molecule has 2 fully saturated rings. The summed E-state index contributed by atoms with van der Waals surface area (Å²) in [6.07, 6.45) is 7.04. The molecule has 3 atom stereocenters. The summed E-state index contributed by atoms with van der Waals surface area (Å²) in [4.78, 5) is 24.3. The molecule has 30 heavy (non-hydrogen) atoms. The number of anilines is 1. The maximum Gasteiger partial charge on any atom is 0.256 e. The highest BCUT2D eigenvalue weighted by atomic mass is 16.5. The van der Waals surface area contributed by atoms with Crippen molar-refractivity contribution >= 4 is 29.0 Å². The van der Waals surface area contributed by atoms with Gasteiger partial charge in [0.25, 0.3) is 5.91 Å². The van der Waals surface area contributed by atoms with Crippen LogP contribution in [0.3, 0.4) is 0 Å². The Morgan fingerprint density at radius 2 is 1.97 bits per heavy atom. The molecule has 5 nitrogen and oxygen atoms in total. The number of rotatable bonds is 5. The van der Waals surface area contributed by atoms with Crippen LogP contribution in [0.15, 0.2) is 36.4 Å². The molecule has 1 aliphatic heterocycles. The average Bonchev–Trinajstić information content (AvgIpc) is 3.43. The van der Waals surface area contributed by atoms with E-state index in [9.17, 15) is 9.59 Å². The molecule has 2 aromatic rings. The van der Waals surface area contributed by atoms with Crippen LogP contribution in [0.25, 0.3) is 11.6 Å². The van der Waals surface area contributed by atoms with Gasteiger partial charge in [-0.2, -0.15) is 0 Å². The van der Waals surface area contributed by atoms with Crippen LogP contribution >= 0.6 is 0 Å². The summed E-state index contributed by atoms with van der Waals surface area (Å²) in [5.74, 6) is 2.67. The van der Waals surface area contributed by atoms with Gasteiger partial charge in [-0.15, -0.1) is 0 Å². The average molecular weight is 403 g/mol. The Morgan fingerprint density at radius 3 is 2.67 bits per heavy atom. The molecule has 2 bridgehead atoms. The topological polar surface area (TPSA) is 64.6 Å². The minimum absolute atomic E-state index is 0.0255. The predicted octanol–water partition coefficient (Wildman–Crippen LogP) is 4.96. The molecule has 0 aromatic heterocycles. The molecule has 2 aliphatic carbocycles. The second kappa shape index (κ2) is 7.31. The number of hydrogen-bond donors (Lipinski definition) is 1. The number of carbonyl (C=O) groups is 2. The van der Waals surface area contributed by atoms with Crippen molar-refractivity contribution in [3.05, 3.63) is 53.1 Å². The summed E-state index contributed by atoms with van der Waals surface area (Å²) in [6.45, 7) is 1.53. The third-order valence-corrected chi connectivity index (χ3v) is 6.66. The fourth-order valence-electron chi connectivity index (χ4n) is 5.09. The van der Waals surface area contributed by atoms with Crippen LogP contribution in [0.5, 0.6) is 11.5 Å². The van der Waals surface area contributed by atoms with Gasteiger partial charge in [0.1, 0.15) is 6.10 Å². The number of ether oxygens (including phenoxy) is 2. The molecule has 0 spiro atoms. The summed E-state index contributed by atoms with van der Waals surface area (Å²) in [5, 5.41) is 2.87. The number of benzene rings is 2. The zero-order valence-electron chi connectivity index (χ0n) is 17.2. The Bertz CT molecular complexity index is 1070. The van der Waals surface area contributed by atoms with Gasteiger partial charge in [-0.05, 0) is 86.4 Å². The highest BCUT2D eigenvalue weighted by Crippen LogP contribution is 2.47. The van der Waals surface area contributed by atoms with E-state index >= 15 is 0 Å². The fraction of sp³-hybridized carbons (Fsp3) is 0.360. The molecule has 2 saturated carbocycles. The van der Waals surface area contributed by atoms with Crippen LogP contribution < -0.4 is 14.8 Å². The number of fused-ring (bicyclic) bond motifs is 3. The van der Waals surface area contributed by atoms with E-state index in [-0.39, 0.29) is 17.8 Å². The Kier molecular flexibility index (Phi) is 4.61. The maximum atomic E-state index is 12.6. The van der Waals surface area contributed by atoms with E-state index in [1.807, 2.05) is 24.3 Å². The molecule has 1 amide bonds. The Labute approximate surface area is 176 Å². The fourth-order valence-corrected chi connectivity index (χ4v) is 5.09. The first-order valence-electron chi connectivity index (χ1n) is 10.5. The SMILES string of the molecule is COc1ccc(/C=C2/C(=O)Nc3ccc(C(C)=O)cc32)cc1O[C@H]1C[C@@H]2CC[C@H]1C2. The molecule has 2 aromatic carbocycles. The molecular formula is C25H25NO4. The standard InChI is InChI=1S/C25H25NO4/c1-14(27)17-6-7-21-19(13-17)20(25(28)26-21)10-16-4-8-22(29-2)24(12-16)30-23-11-15-3-5-18(23)9-15/h4,6-8,10,12-13,15,18,23H,3,5,9,11H2,1-2H3,(H,26,28)/b20-10+/t15-,18+,23+/m1/s1. The third kappa shape index (κ3) is 3.28. The lowest BCUT2D eigenvalue weighted by molar-refractivity contribution is -0.110. The van der Waals surface area contributed by atoms with E-state index in [1.54, 1.807) is 25.3 Å². The lowest BCUT2D eigenvalue weighted by Crippen LogP contribution is -2.23. The summed E-state index contributed by atoms with van der Waals surface area (Å²) < 4.78 is 11.9. The van der Waals surface area contributed by atoms with Gasteiger partial charge in [0.15, 0.2) is 17.3 Å². The van der Waals surface area contributed by atoms with E-state index in [1.165, 1.54) is 26.2 Å². The first-order valence-corrected chi connectivity index (χ1v) is 10.5. The Morgan fingerprint density at radius 1 is 1.10 bits per heavy atom. The second-order valence-electron chi connectivity index (χ2n) is 8.57. The molecule has 0 unspecified atom stereocenters. The number of nitrogens with one attached hydrogen (secondary N) is 1. The molecule has 0 radical (unpaired) electrons. The van der Waals surface area contributed by atoms with E-state index in [0.717, 1.165) is 34.9 Å². The van der Waals surface area contributed by atoms with Crippen molar-refractivity contribution < 1.29 is 19.1 Å². The minimum Gasteiger partial charge on any atom is -0.493 e. The van der Waals surface area contributed by atoms with E-state index in [2.05, 4.69) is 5.32 Å². The molecule has 5 rings (SSSR count). The van der Waals surface area contributed by atoms with Gasteiger partial charge in [-0.25, -0.2) is 0 Å². The minimum atomic E-state index is -0.169. The highest BCUT2D eigenvalue weighted by Gasteiger charge is 2.41. The lowest BCUT2D eigenvalue weighted by atomic mass is 9.97. The van der Waals surface area contributed by atoms with Crippen molar-refractivity contribution in [3.63, 3.8) is 0 Å². The smallest absolute Gasteiger partial charge is 0.256 e. The van der Waals surface area contributed by atoms with Crippen molar-refractivity contribution in [3.8, 4) is 11.5 Å². The van der Waals surface area contributed by atoms with Crippen LogP contribution in [0.1, 0.15) is 54.1 Å². The van der Waals surface area contributed by atoms with Gasteiger partial charge in [-0.1, -0.05) is 6.07 Å². The van der Waals surface area contributed by atoms with E-state index < -0.39 is 0 Å². The number of hydrogen-bond acceptors (Lipinski definition) is 4. The Balaban J connectivity index is 1.48. The summed E-state index contributed by atoms with van der Waals surface area (Å²) in [5.41, 5.74) is 3.47. The van der Waals surface area contributed by atoms with Crippen LogP contribution in [0, 0.1) is 11.8 Å². The van der Waals surface area contributed by atoms with Gasteiger partial charge in [0.2, 0.25) is 0 Å². The van der Waals surface area contributed by atoms with Crippen molar-refractivity contribution in [2.24, 2.45) is 11.8 Å². The molecule has 3 aliphatic rings. The van der Waals surface area contributed by atoms with Crippen LogP contribution in [-0.2, 0) is 4.79 Å². The van der Waals surface area contributed by atoms with Crippen LogP contribution in [0.4, 0.5) is 5.69 Å². The monoisotopic (exact) mass is 403 g/mol. The largest absolute Gasteiger partial charge is 0.493 e. The van der Waals surface area contributed by atoms with Crippen molar-refractivity contribution in [2.75, 3.05) is 12.4 Å². The van der Waals surface area contributed by atoms with Gasteiger partial charge in [-0.3, -0.25) is 9.59 Å². The van der Waals surface area contributed by atoms with E-state index in [4.69, 9.17) is 9.47 Å². The first kappa shape index (κ1) is 18.9. The molecule has 5 heteroatoms. The summed E-state index contributed by atoms with van der Waals surface area (Å²) in [7, 11) is 1.64. The lowest BCUT2D eigenvalue weighted by Gasteiger charge is -2.24. The number of carbonyl (C=O) groups excluding carboxylic acids is 2. The highest BCUT2D eigenvalue weighted by molar-refractivity contribution is 6.35. The predicted molar refractivity (Wildman–Crippen MR) is 116 cm³/mol. The number of ketones is 1. The third-order valence-electron chi connectivity index (χ3n) is 6.66. The number of amides is 1. The van der Waals surface area contributed by atoms with Crippen molar-refractivity contribution in [2.45, 2.75) is 38.7 Å². The van der Waals surface area contributed by atoms with Crippen molar-refractivity contribution in [1.29, 1.82) is 0 Å². The van der Waals surface area contributed by atoms with E-state index in [0.29, 0.717) is 22.8 Å². The summed E-state index contributed by atoms with van der Waals surface area (Å²) in [6, 6.07) is 11.0. The number of Topliss-reactive ketones (excluding diaryl/α,β-unsaturated/α-hetero) is 1. The van der Waals surface area contributed by atoms with Gasteiger partial charge < -0.3 is 14.8 Å². The summed E-state index contributed by atoms with van der Waals surface area (Å²) >= 11 is 0. The molecular weight excluding hydrogens is 378 g/mol. The van der Waals surface area contributed by atoms with Crippen molar-refractivity contribution in [1.82, 2.24) is 0 Å². The van der Waals surface area contributed by atoms with Gasteiger partial charge in [0, 0.05) is 22.4 Å². The molecule has 1 N–H and O–H groups in total. The zero-order chi connectivity index (χ0) is 20.8. The zero-order valence-corrected chi connectivity index (χ0v) is 17.2. The quantitative estimate of drug-likeness (QED) is 0.566.